The van der Waals surface area contributed by atoms with E-state index in [4.69, 9.17) is 4.74 Å². The molecule has 0 saturated carbocycles. The molecular formula is C16H22N4O2. The molecule has 0 bridgehead atoms. The van der Waals surface area contributed by atoms with Gasteiger partial charge in [-0.25, -0.2) is 4.98 Å². The van der Waals surface area contributed by atoms with E-state index in [0.717, 1.165) is 25.3 Å². The number of hydrogen-bond donors (Lipinski definition) is 1. The van der Waals surface area contributed by atoms with Crippen molar-refractivity contribution in [2.75, 3.05) is 26.8 Å². The van der Waals surface area contributed by atoms with Crippen molar-refractivity contribution in [3.63, 3.8) is 0 Å². The molecule has 0 unspecified atom stereocenters. The molecule has 2 atom stereocenters. The van der Waals surface area contributed by atoms with Crippen molar-refractivity contribution in [2.24, 2.45) is 13.0 Å². The van der Waals surface area contributed by atoms with E-state index >= 15 is 0 Å². The first-order chi connectivity index (χ1) is 10.7. The highest BCUT2D eigenvalue weighted by molar-refractivity contribution is 5.18. The SMILES string of the molecule is COc1cccc(CN2C[C@@H](CO)[C@H](c3cnn(C)c3)C2)n1. The summed E-state index contributed by atoms with van der Waals surface area (Å²) in [5.41, 5.74) is 2.19. The Morgan fingerprint density at radius 1 is 1.36 bits per heavy atom. The van der Waals surface area contributed by atoms with Gasteiger partial charge < -0.3 is 9.84 Å². The van der Waals surface area contributed by atoms with E-state index in [1.807, 2.05) is 42.3 Å². The lowest BCUT2D eigenvalue weighted by Crippen LogP contribution is -2.21. The molecule has 1 saturated heterocycles. The molecule has 3 rings (SSSR count). The molecule has 118 valence electrons. The Hall–Kier alpha value is -1.92. The maximum Gasteiger partial charge on any atom is 0.213 e. The predicted molar refractivity (Wildman–Crippen MR) is 82.6 cm³/mol. The molecule has 0 aromatic carbocycles. The summed E-state index contributed by atoms with van der Waals surface area (Å²) in [6.45, 7) is 2.75. The minimum absolute atomic E-state index is 0.196. The average molecular weight is 302 g/mol. The van der Waals surface area contributed by atoms with Gasteiger partial charge in [0.2, 0.25) is 5.88 Å². The number of methoxy groups -OCH3 is 1. The van der Waals surface area contributed by atoms with Gasteiger partial charge in [-0.15, -0.1) is 0 Å². The molecule has 1 aliphatic rings. The van der Waals surface area contributed by atoms with E-state index in [1.54, 1.807) is 7.11 Å². The Bertz CT molecular complexity index is 628. The Labute approximate surface area is 130 Å². The van der Waals surface area contributed by atoms with E-state index in [1.165, 1.54) is 5.56 Å². The lowest BCUT2D eigenvalue weighted by molar-refractivity contribution is 0.213. The number of aryl methyl sites for hydroxylation is 1. The van der Waals surface area contributed by atoms with Crippen LogP contribution in [0.1, 0.15) is 17.2 Å². The highest BCUT2D eigenvalue weighted by atomic mass is 16.5. The van der Waals surface area contributed by atoms with Gasteiger partial charge in [-0.1, -0.05) is 6.07 Å². The molecule has 0 aliphatic carbocycles. The summed E-state index contributed by atoms with van der Waals surface area (Å²) in [5, 5.41) is 13.9. The smallest absolute Gasteiger partial charge is 0.213 e. The largest absolute Gasteiger partial charge is 0.481 e. The Kier molecular flexibility index (Phi) is 4.40. The molecule has 2 aromatic rings. The number of rotatable bonds is 5. The normalized spacial score (nSPS) is 22.1. The van der Waals surface area contributed by atoms with Gasteiger partial charge in [-0.2, -0.15) is 5.10 Å². The first kappa shape index (κ1) is 15.0. The van der Waals surface area contributed by atoms with Gasteiger partial charge in [0.25, 0.3) is 0 Å². The monoisotopic (exact) mass is 302 g/mol. The summed E-state index contributed by atoms with van der Waals surface area (Å²) in [6.07, 6.45) is 3.95. The summed E-state index contributed by atoms with van der Waals surface area (Å²) in [4.78, 5) is 6.80. The molecule has 6 nitrogen and oxygen atoms in total. The maximum atomic E-state index is 9.68. The fourth-order valence-electron chi connectivity index (χ4n) is 3.17. The number of pyridine rings is 1. The standard InChI is InChI=1S/C16H22N4O2/c1-19-7-12(6-17-19)15-10-20(8-13(15)11-21)9-14-4-3-5-16(18-14)22-2/h3-7,13,15,21H,8-11H2,1-2H3/t13-,15-/m0/s1. The molecule has 6 heteroatoms. The second-order valence-electron chi connectivity index (χ2n) is 5.86. The van der Waals surface area contributed by atoms with Gasteiger partial charge in [0.15, 0.2) is 0 Å². The summed E-state index contributed by atoms with van der Waals surface area (Å²) >= 11 is 0. The van der Waals surface area contributed by atoms with Crippen LogP contribution in [0.2, 0.25) is 0 Å². The Balaban J connectivity index is 1.71. The minimum atomic E-state index is 0.196. The highest BCUT2D eigenvalue weighted by Gasteiger charge is 2.34. The molecule has 1 fully saturated rings. The van der Waals surface area contributed by atoms with E-state index in [0.29, 0.717) is 11.8 Å². The predicted octanol–water partition coefficient (Wildman–Crippen LogP) is 1.03. The zero-order chi connectivity index (χ0) is 15.5. The maximum absolute atomic E-state index is 9.68. The first-order valence-electron chi connectivity index (χ1n) is 7.51. The molecule has 3 heterocycles. The van der Waals surface area contributed by atoms with Crippen LogP contribution < -0.4 is 4.74 Å². The minimum Gasteiger partial charge on any atom is -0.481 e. The van der Waals surface area contributed by atoms with Crippen LogP contribution in [0.3, 0.4) is 0 Å². The topological polar surface area (TPSA) is 63.4 Å². The summed E-state index contributed by atoms with van der Waals surface area (Å²) in [6, 6.07) is 5.82. The van der Waals surface area contributed by atoms with Gasteiger partial charge in [-0.3, -0.25) is 9.58 Å². The third-order valence-electron chi connectivity index (χ3n) is 4.28. The molecule has 0 spiro atoms. The lowest BCUT2D eigenvalue weighted by Gasteiger charge is -2.15. The Morgan fingerprint density at radius 2 is 2.23 bits per heavy atom. The van der Waals surface area contributed by atoms with Crippen LogP contribution >= 0.6 is 0 Å². The third-order valence-corrected chi connectivity index (χ3v) is 4.28. The van der Waals surface area contributed by atoms with E-state index < -0.39 is 0 Å². The van der Waals surface area contributed by atoms with Gasteiger partial charge in [0.1, 0.15) is 0 Å². The zero-order valence-electron chi connectivity index (χ0n) is 13.0. The number of nitrogens with zero attached hydrogens (tertiary/aromatic N) is 4. The van der Waals surface area contributed by atoms with Gasteiger partial charge in [0, 0.05) is 57.4 Å². The molecule has 22 heavy (non-hydrogen) atoms. The molecule has 2 aromatic heterocycles. The quantitative estimate of drug-likeness (QED) is 0.894. The van der Waals surface area contributed by atoms with Crippen molar-refractivity contribution in [3.8, 4) is 5.88 Å². The number of ether oxygens (including phenoxy) is 1. The van der Waals surface area contributed by atoms with Gasteiger partial charge >= 0.3 is 0 Å². The van der Waals surface area contributed by atoms with Crippen LogP contribution in [0.25, 0.3) is 0 Å². The average Bonchev–Trinajstić information content (AvgIpc) is 3.13. The summed E-state index contributed by atoms with van der Waals surface area (Å²) in [7, 11) is 3.55. The molecule has 1 aliphatic heterocycles. The van der Waals surface area contributed by atoms with Gasteiger partial charge in [-0.05, 0) is 11.6 Å². The van der Waals surface area contributed by atoms with Crippen molar-refractivity contribution >= 4 is 0 Å². The van der Waals surface area contributed by atoms with Crippen LogP contribution in [-0.2, 0) is 13.6 Å². The van der Waals surface area contributed by atoms with Gasteiger partial charge in [0.05, 0.1) is 19.0 Å². The van der Waals surface area contributed by atoms with Crippen molar-refractivity contribution in [1.29, 1.82) is 0 Å². The van der Waals surface area contributed by atoms with Crippen LogP contribution in [0.15, 0.2) is 30.6 Å². The van der Waals surface area contributed by atoms with E-state index in [2.05, 4.69) is 15.0 Å². The number of hydrogen-bond acceptors (Lipinski definition) is 5. The van der Waals surface area contributed by atoms with Crippen LogP contribution in [0.5, 0.6) is 5.88 Å². The summed E-state index contributed by atoms with van der Waals surface area (Å²) < 4.78 is 6.99. The summed E-state index contributed by atoms with van der Waals surface area (Å²) in [5.74, 6) is 1.21. The number of aliphatic hydroxyl groups is 1. The van der Waals surface area contributed by atoms with Crippen LogP contribution in [0, 0.1) is 5.92 Å². The molecule has 0 radical (unpaired) electrons. The lowest BCUT2D eigenvalue weighted by atomic mass is 9.92. The Morgan fingerprint density at radius 3 is 2.91 bits per heavy atom. The van der Waals surface area contributed by atoms with E-state index in [9.17, 15) is 5.11 Å². The zero-order valence-corrected chi connectivity index (χ0v) is 13.0. The number of likely N-dealkylation sites (tertiary alicyclic amines) is 1. The fourth-order valence-corrected chi connectivity index (χ4v) is 3.17. The molecule has 1 N–H and O–H groups in total. The number of aromatic nitrogens is 3. The van der Waals surface area contributed by atoms with Crippen molar-refractivity contribution in [2.45, 2.75) is 12.5 Å². The van der Waals surface area contributed by atoms with Crippen molar-refractivity contribution in [3.05, 3.63) is 41.9 Å². The van der Waals surface area contributed by atoms with Crippen molar-refractivity contribution < 1.29 is 9.84 Å². The highest BCUT2D eigenvalue weighted by Crippen LogP contribution is 2.32. The first-order valence-corrected chi connectivity index (χ1v) is 7.51. The fraction of sp³-hybridized carbons (Fsp3) is 0.500. The molecular weight excluding hydrogens is 280 g/mol. The second kappa shape index (κ2) is 6.46. The van der Waals surface area contributed by atoms with Crippen molar-refractivity contribution in [1.82, 2.24) is 19.7 Å². The van der Waals surface area contributed by atoms with Crippen LogP contribution in [0.4, 0.5) is 0 Å². The third kappa shape index (κ3) is 3.13. The van der Waals surface area contributed by atoms with Crippen LogP contribution in [-0.4, -0.2) is 51.6 Å². The second-order valence-corrected chi connectivity index (χ2v) is 5.86. The molecule has 0 amide bonds. The van der Waals surface area contributed by atoms with E-state index in [-0.39, 0.29) is 12.5 Å². The number of aliphatic hydroxyl groups excluding tert-OH is 1.